The van der Waals surface area contributed by atoms with E-state index in [1.807, 2.05) is 6.92 Å². The van der Waals surface area contributed by atoms with Crippen LogP contribution in [0.3, 0.4) is 0 Å². The van der Waals surface area contributed by atoms with Gasteiger partial charge in [0.1, 0.15) is 0 Å². The Morgan fingerprint density at radius 1 is 1.44 bits per heavy atom. The molecule has 0 saturated carbocycles. The van der Waals surface area contributed by atoms with Crippen molar-refractivity contribution < 1.29 is 19.0 Å². The number of halogens is 1. The van der Waals surface area contributed by atoms with Gasteiger partial charge in [0.2, 0.25) is 0 Å². The maximum absolute atomic E-state index is 10.8. The number of benzene rings is 1. The lowest BCUT2D eigenvalue weighted by Crippen LogP contribution is -2.04. The second kappa shape index (κ2) is 6.50. The Kier molecular flexibility index (Phi) is 5.28. The normalized spacial score (nSPS) is 9.94. The third kappa shape index (κ3) is 2.96. The van der Waals surface area contributed by atoms with E-state index in [1.165, 1.54) is 7.11 Å². The Morgan fingerprint density at radius 2 is 2.19 bits per heavy atom. The van der Waals surface area contributed by atoms with Crippen molar-refractivity contribution in [2.24, 2.45) is 0 Å². The molecule has 88 valence electrons. The van der Waals surface area contributed by atoms with Gasteiger partial charge in [-0.3, -0.25) is 4.79 Å². The van der Waals surface area contributed by atoms with Crippen LogP contribution in [-0.2, 0) is 4.74 Å². The maximum Gasteiger partial charge on any atom is 0.189 e. The van der Waals surface area contributed by atoms with Crippen molar-refractivity contribution >= 4 is 22.2 Å². The minimum absolute atomic E-state index is 0.119. The van der Waals surface area contributed by atoms with Crippen LogP contribution in [0, 0.1) is 0 Å². The number of carbonyl (C=O) groups is 1. The molecule has 16 heavy (non-hydrogen) atoms. The summed E-state index contributed by atoms with van der Waals surface area (Å²) in [5.74, 6) is 1.03. The first-order valence-electron chi connectivity index (χ1n) is 4.76. The van der Waals surface area contributed by atoms with E-state index in [2.05, 4.69) is 15.9 Å². The highest BCUT2D eigenvalue weighted by molar-refractivity contribution is 9.10. The van der Waals surface area contributed by atoms with Gasteiger partial charge < -0.3 is 14.2 Å². The van der Waals surface area contributed by atoms with Crippen LogP contribution < -0.4 is 9.47 Å². The van der Waals surface area contributed by atoms with Crippen molar-refractivity contribution in [3.05, 3.63) is 22.2 Å². The third-order valence-corrected chi connectivity index (χ3v) is 2.75. The maximum atomic E-state index is 10.8. The molecule has 1 rings (SSSR count). The zero-order valence-electron chi connectivity index (χ0n) is 9.16. The predicted molar refractivity (Wildman–Crippen MR) is 63.2 cm³/mol. The van der Waals surface area contributed by atoms with Crippen LogP contribution in [0.1, 0.15) is 17.3 Å². The molecular weight excluding hydrogens is 276 g/mol. The first-order valence-corrected chi connectivity index (χ1v) is 5.56. The second-order valence-electron chi connectivity index (χ2n) is 2.87. The van der Waals surface area contributed by atoms with Crippen LogP contribution in [-0.4, -0.2) is 26.8 Å². The average molecular weight is 289 g/mol. The summed E-state index contributed by atoms with van der Waals surface area (Å²) in [4.78, 5) is 10.8. The zero-order valence-corrected chi connectivity index (χ0v) is 10.7. The van der Waals surface area contributed by atoms with Gasteiger partial charge in [0.05, 0.1) is 11.6 Å². The fourth-order valence-electron chi connectivity index (χ4n) is 1.12. The lowest BCUT2D eigenvalue weighted by Gasteiger charge is -2.13. The molecule has 0 unspecified atom stereocenters. The molecule has 0 aliphatic carbocycles. The van der Waals surface area contributed by atoms with Crippen LogP contribution in [0.15, 0.2) is 16.6 Å². The molecule has 0 heterocycles. The van der Waals surface area contributed by atoms with Crippen LogP contribution in [0.2, 0.25) is 0 Å². The lowest BCUT2D eigenvalue weighted by molar-refractivity contribution is 0.0204. The van der Waals surface area contributed by atoms with E-state index >= 15 is 0 Å². The largest absolute Gasteiger partial charge is 0.493 e. The molecule has 0 aromatic heterocycles. The minimum atomic E-state index is 0.119. The van der Waals surface area contributed by atoms with E-state index in [1.54, 1.807) is 12.1 Å². The predicted octanol–water partition coefficient (Wildman–Crippen LogP) is 2.64. The van der Waals surface area contributed by atoms with E-state index < -0.39 is 0 Å². The molecule has 0 aliphatic heterocycles. The molecule has 0 N–H and O–H groups in total. The summed E-state index contributed by atoms with van der Waals surface area (Å²) in [6.45, 7) is 2.55. The van der Waals surface area contributed by atoms with Gasteiger partial charge in [0, 0.05) is 12.2 Å². The molecule has 5 heteroatoms. The number of rotatable bonds is 6. The van der Waals surface area contributed by atoms with Crippen LogP contribution in [0.25, 0.3) is 0 Å². The molecule has 0 amide bonds. The molecule has 1 aromatic carbocycles. The summed E-state index contributed by atoms with van der Waals surface area (Å²) in [6, 6.07) is 3.33. The fourth-order valence-corrected chi connectivity index (χ4v) is 1.66. The van der Waals surface area contributed by atoms with Gasteiger partial charge in [-0.05, 0) is 35.0 Å². The van der Waals surface area contributed by atoms with Gasteiger partial charge >= 0.3 is 0 Å². The van der Waals surface area contributed by atoms with E-state index in [0.717, 1.165) is 6.29 Å². The molecule has 0 spiro atoms. The summed E-state index contributed by atoms with van der Waals surface area (Å²) in [7, 11) is 1.54. The first-order chi connectivity index (χ1) is 7.74. The highest BCUT2D eigenvalue weighted by Gasteiger charge is 2.13. The smallest absolute Gasteiger partial charge is 0.189 e. The number of aldehydes is 1. The fraction of sp³-hybridized carbons (Fsp3) is 0.364. The van der Waals surface area contributed by atoms with Crippen molar-refractivity contribution in [2.75, 3.05) is 20.5 Å². The average Bonchev–Trinajstić information content (AvgIpc) is 2.31. The minimum Gasteiger partial charge on any atom is -0.493 e. The van der Waals surface area contributed by atoms with Crippen LogP contribution in [0.5, 0.6) is 11.5 Å². The van der Waals surface area contributed by atoms with Crippen molar-refractivity contribution in [1.29, 1.82) is 0 Å². The first kappa shape index (κ1) is 13.0. The van der Waals surface area contributed by atoms with E-state index in [-0.39, 0.29) is 6.79 Å². The van der Waals surface area contributed by atoms with Crippen molar-refractivity contribution in [2.45, 2.75) is 6.92 Å². The van der Waals surface area contributed by atoms with E-state index in [4.69, 9.17) is 14.2 Å². The highest BCUT2D eigenvalue weighted by atomic mass is 79.9. The molecule has 0 aliphatic rings. The van der Waals surface area contributed by atoms with Crippen molar-refractivity contribution in [1.82, 2.24) is 0 Å². The van der Waals surface area contributed by atoms with Gasteiger partial charge in [-0.25, -0.2) is 0 Å². The molecule has 0 atom stereocenters. The second-order valence-corrected chi connectivity index (χ2v) is 3.67. The summed E-state index contributed by atoms with van der Waals surface area (Å²) >= 11 is 3.29. The highest BCUT2D eigenvalue weighted by Crippen LogP contribution is 2.37. The number of carbonyl (C=O) groups excluding carboxylic acids is 1. The van der Waals surface area contributed by atoms with Crippen LogP contribution >= 0.6 is 15.9 Å². The molecule has 0 radical (unpaired) electrons. The van der Waals surface area contributed by atoms with Gasteiger partial charge in [0.25, 0.3) is 0 Å². The quantitative estimate of drug-likeness (QED) is 0.459. The summed E-state index contributed by atoms with van der Waals surface area (Å²) < 4.78 is 16.2. The summed E-state index contributed by atoms with van der Waals surface area (Å²) in [5.41, 5.74) is 0.507. The summed E-state index contributed by atoms with van der Waals surface area (Å²) in [5, 5.41) is 0. The number of hydrogen-bond acceptors (Lipinski definition) is 4. The van der Waals surface area contributed by atoms with Gasteiger partial charge in [0.15, 0.2) is 24.6 Å². The van der Waals surface area contributed by atoms with Gasteiger partial charge in [-0.15, -0.1) is 0 Å². The molecule has 4 nitrogen and oxygen atoms in total. The monoisotopic (exact) mass is 288 g/mol. The Hall–Kier alpha value is -1.07. The van der Waals surface area contributed by atoms with E-state index in [9.17, 15) is 4.79 Å². The Bertz CT molecular complexity index is 365. The summed E-state index contributed by atoms with van der Waals surface area (Å²) in [6.07, 6.45) is 0.747. The molecule has 0 saturated heterocycles. The SMILES string of the molecule is CCOCOc1c(OC)ccc(C=O)c1Br. The number of hydrogen-bond donors (Lipinski definition) is 0. The van der Waals surface area contributed by atoms with E-state index in [0.29, 0.717) is 28.1 Å². The standard InChI is InChI=1S/C11H13BrO4/c1-3-15-7-16-11-9(14-2)5-4-8(6-13)10(11)12/h4-6H,3,7H2,1-2H3. The third-order valence-electron chi connectivity index (χ3n) is 1.93. The van der Waals surface area contributed by atoms with Crippen molar-refractivity contribution in [3.63, 3.8) is 0 Å². The van der Waals surface area contributed by atoms with Gasteiger partial charge in [-0.1, -0.05) is 0 Å². The van der Waals surface area contributed by atoms with Gasteiger partial charge in [-0.2, -0.15) is 0 Å². The van der Waals surface area contributed by atoms with Crippen molar-refractivity contribution in [3.8, 4) is 11.5 Å². The molecular formula is C11H13BrO4. The van der Waals surface area contributed by atoms with Crippen LogP contribution in [0.4, 0.5) is 0 Å². The Labute approximate surface area is 103 Å². The number of ether oxygens (including phenoxy) is 3. The Morgan fingerprint density at radius 3 is 2.75 bits per heavy atom. The zero-order chi connectivity index (χ0) is 12.0. The lowest BCUT2D eigenvalue weighted by atomic mass is 10.2. The molecule has 0 bridgehead atoms. The molecule has 1 aromatic rings. The molecule has 0 fully saturated rings. The topological polar surface area (TPSA) is 44.8 Å². The Balaban J connectivity index is 2.96. The number of methoxy groups -OCH3 is 1.